The molecule has 0 fully saturated rings. The van der Waals surface area contributed by atoms with E-state index in [0.717, 1.165) is 5.75 Å². The Balaban J connectivity index is 2.21. The molecule has 25 heavy (non-hydrogen) atoms. The number of esters is 1. The van der Waals surface area contributed by atoms with Crippen molar-refractivity contribution >= 4 is 5.97 Å². The fourth-order valence-electron chi connectivity index (χ4n) is 1.79. The topological polar surface area (TPSA) is 44.8 Å². The molecule has 0 unspecified atom stereocenters. The molecule has 0 aromatic heterocycles. The van der Waals surface area contributed by atoms with Crippen LogP contribution >= 0.6 is 0 Å². The van der Waals surface area contributed by atoms with E-state index >= 15 is 0 Å². The highest BCUT2D eigenvalue weighted by molar-refractivity contribution is 5.71. The number of hydrogen-bond acceptors (Lipinski definition) is 4. The van der Waals surface area contributed by atoms with Gasteiger partial charge in [0.05, 0.1) is 0 Å². The van der Waals surface area contributed by atoms with Gasteiger partial charge in [-0.15, -0.1) is 0 Å². The second kappa shape index (κ2) is 10.4. The summed E-state index contributed by atoms with van der Waals surface area (Å²) in [6, 6.07) is 7.98. The lowest BCUT2D eigenvalue weighted by molar-refractivity contribution is -0.159. The van der Waals surface area contributed by atoms with Crippen LogP contribution in [0.5, 0.6) is 5.75 Å². The molecule has 4 nitrogen and oxygen atoms in total. The standard InChI is InChI=1S/C21H26O4/c1-17(2)18-10-12-19(13-11-18)24-15-9-7-6-8-14-23-16-20(22)25-21(3,4)5/h10-13,17H,14-16H2,1-5H3. The van der Waals surface area contributed by atoms with Gasteiger partial charge >= 0.3 is 5.97 Å². The molecule has 0 radical (unpaired) electrons. The van der Waals surface area contributed by atoms with E-state index in [9.17, 15) is 4.79 Å². The molecule has 0 aliphatic heterocycles. The third kappa shape index (κ3) is 10.1. The first-order valence-electron chi connectivity index (χ1n) is 8.26. The van der Waals surface area contributed by atoms with Crippen LogP contribution in [0.1, 0.15) is 46.1 Å². The van der Waals surface area contributed by atoms with Crippen LogP contribution in [-0.2, 0) is 14.3 Å². The van der Waals surface area contributed by atoms with E-state index in [1.165, 1.54) is 5.56 Å². The molecule has 0 aliphatic rings. The summed E-state index contributed by atoms with van der Waals surface area (Å²) in [6.45, 7) is 10.0. The van der Waals surface area contributed by atoms with Crippen molar-refractivity contribution < 1.29 is 19.0 Å². The van der Waals surface area contributed by atoms with E-state index < -0.39 is 11.6 Å². The lowest BCUT2D eigenvalue weighted by Gasteiger charge is -2.19. The number of carbonyl (C=O) groups excluding carboxylic acids is 1. The van der Waals surface area contributed by atoms with Crippen LogP contribution in [0.3, 0.4) is 0 Å². The van der Waals surface area contributed by atoms with Gasteiger partial charge in [0.1, 0.15) is 31.2 Å². The largest absolute Gasteiger partial charge is 0.481 e. The summed E-state index contributed by atoms with van der Waals surface area (Å²) in [7, 11) is 0. The van der Waals surface area contributed by atoms with Gasteiger partial charge in [0.2, 0.25) is 0 Å². The molecular weight excluding hydrogens is 316 g/mol. The third-order valence-corrected chi connectivity index (χ3v) is 2.91. The summed E-state index contributed by atoms with van der Waals surface area (Å²) in [5, 5.41) is 0. The minimum atomic E-state index is -0.507. The van der Waals surface area contributed by atoms with Crippen molar-refractivity contribution in [1.29, 1.82) is 0 Å². The average molecular weight is 342 g/mol. The van der Waals surface area contributed by atoms with Crippen molar-refractivity contribution in [1.82, 2.24) is 0 Å². The summed E-state index contributed by atoms with van der Waals surface area (Å²) >= 11 is 0. The summed E-state index contributed by atoms with van der Waals surface area (Å²) < 4.78 is 15.7. The van der Waals surface area contributed by atoms with E-state index in [1.807, 2.05) is 12.1 Å². The first-order chi connectivity index (χ1) is 11.8. The molecule has 0 saturated heterocycles. The highest BCUT2D eigenvalue weighted by Crippen LogP contribution is 2.18. The van der Waals surface area contributed by atoms with Gasteiger partial charge in [0.15, 0.2) is 0 Å². The van der Waals surface area contributed by atoms with E-state index in [-0.39, 0.29) is 19.8 Å². The van der Waals surface area contributed by atoms with E-state index in [4.69, 9.17) is 14.2 Å². The Morgan fingerprint density at radius 2 is 1.64 bits per heavy atom. The second-order valence-electron chi connectivity index (χ2n) is 6.70. The van der Waals surface area contributed by atoms with E-state index in [1.54, 1.807) is 20.8 Å². The van der Waals surface area contributed by atoms with E-state index in [0.29, 0.717) is 5.92 Å². The van der Waals surface area contributed by atoms with Gasteiger partial charge < -0.3 is 14.2 Å². The number of rotatable bonds is 6. The van der Waals surface area contributed by atoms with Crippen molar-refractivity contribution in [2.24, 2.45) is 0 Å². The Labute approximate surface area is 150 Å². The SMILES string of the molecule is CC(C)c1ccc(OCC#CC#CCOCC(=O)OC(C)(C)C)cc1. The smallest absolute Gasteiger partial charge is 0.332 e. The molecule has 0 saturated carbocycles. The zero-order valence-corrected chi connectivity index (χ0v) is 15.6. The van der Waals surface area contributed by atoms with Gasteiger partial charge in [0, 0.05) is 0 Å². The van der Waals surface area contributed by atoms with Crippen LogP contribution in [0.4, 0.5) is 0 Å². The molecule has 0 bridgehead atoms. The molecule has 0 atom stereocenters. The van der Waals surface area contributed by atoms with Gasteiger partial charge in [-0.1, -0.05) is 31.9 Å². The van der Waals surface area contributed by atoms with Crippen LogP contribution < -0.4 is 4.74 Å². The molecular formula is C21H26O4. The molecule has 1 rings (SSSR count). The molecule has 4 heteroatoms. The minimum absolute atomic E-state index is 0.116. The Morgan fingerprint density at radius 3 is 2.20 bits per heavy atom. The molecule has 1 aromatic rings. The summed E-state index contributed by atoms with van der Waals surface area (Å²) in [5.41, 5.74) is 0.767. The minimum Gasteiger partial charge on any atom is -0.481 e. The Kier molecular flexibility index (Phi) is 8.61. The summed E-state index contributed by atoms with van der Waals surface area (Å²) in [6.07, 6.45) is 0. The highest BCUT2D eigenvalue weighted by Gasteiger charge is 2.15. The first kappa shape index (κ1) is 20.6. The second-order valence-corrected chi connectivity index (χ2v) is 6.70. The Hall–Kier alpha value is -2.43. The van der Waals surface area contributed by atoms with E-state index in [2.05, 4.69) is 49.7 Å². The Morgan fingerprint density at radius 1 is 1.04 bits per heavy atom. The summed E-state index contributed by atoms with van der Waals surface area (Å²) in [4.78, 5) is 11.4. The average Bonchev–Trinajstić information content (AvgIpc) is 2.52. The first-order valence-corrected chi connectivity index (χ1v) is 8.26. The molecule has 0 amide bonds. The van der Waals surface area contributed by atoms with Gasteiger partial charge in [-0.05, 0) is 62.1 Å². The third-order valence-electron chi connectivity index (χ3n) is 2.91. The van der Waals surface area contributed by atoms with Gasteiger partial charge in [0.25, 0.3) is 0 Å². The predicted molar refractivity (Wildman–Crippen MR) is 98.2 cm³/mol. The zero-order chi connectivity index (χ0) is 18.7. The number of benzene rings is 1. The molecule has 1 aromatic carbocycles. The lowest BCUT2D eigenvalue weighted by Crippen LogP contribution is -2.26. The van der Waals surface area contributed by atoms with Crippen molar-refractivity contribution in [2.45, 2.75) is 46.1 Å². The van der Waals surface area contributed by atoms with Crippen molar-refractivity contribution in [3.63, 3.8) is 0 Å². The fraction of sp³-hybridized carbons (Fsp3) is 0.476. The van der Waals surface area contributed by atoms with Gasteiger partial charge in [-0.2, -0.15) is 0 Å². The van der Waals surface area contributed by atoms with Gasteiger partial charge in [-0.3, -0.25) is 0 Å². The van der Waals surface area contributed by atoms with Crippen LogP contribution in [0.2, 0.25) is 0 Å². The molecule has 134 valence electrons. The zero-order valence-electron chi connectivity index (χ0n) is 15.6. The quantitative estimate of drug-likeness (QED) is 0.450. The normalized spacial score (nSPS) is 10.3. The van der Waals surface area contributed by atoms with Crippen LogP contribution in [0.25, 0.3) is 0 Å². The van der Waals surface area contributed by atoms with Crippen LogP contribution in [0.15, 0.2) is 24.3 Å². The maximum absolute atomic E-state index is 11.4. The van der Waals surface area contributed by atoms with Crippen molar-refractivity contribution in [3.05, 3.63) is 29.8 Å². The monoisotopic (exact) mass is 342 g/mol. The fourth-order valence-corrected chi connectivity index (χ4v) is 1.79. The lowest BCUT2D eigenvalue weighted by atomic mass is 10.0. The maximum atomic E-state index is 11.4. The number of ether oxygens (including phenoxy) is 3. The van der Waals surface area contributed by atoms with Crippen LogP contribution in [-0.4, -0.2) is 31.4 Å². The predicted octanol–water partition coefficient (Wildman–Crippen LogP) is 3.55. The highest BCUT2D eigenvalue weighted by atomic mass is 16.6. The summed E-state index contributed by atoms with van der Waals surface area (Å²) in [5.74, 6) is 11.7. The van der Waals surface area contributed by atoms with Gasteiger partial charge in [-0.25, -0.2) is 4.79 Å². The molecule has 0 aliphatic carbocycles. The van der Waals surface area contributed by atoms with Crippen molar-refractivity contribution in [2.75, 3.05) is 19.8 Å². The molecule has 0 heterocycles. The molecule has 0 N–H and O–H groups in total. The van der Waals surface area contributed by atoms with Crippen LogP contribution in [0, 0.1) is 23.7 Å². The maximum Gasteiger partial charge on any atom is 0.332 e. The molecule has 0 spiro atoms. The number of hydrogen-bond donors (Lipinski definition) is 0. The van der Waals surface area contributed by atoms with Crippen molar-refractivity contribution in [3.8, 4) is 29.4 Å². The number of carbonyl (C=O) groups is 1. The Bertz CT molecular complexity index is 658.